The molecular formula is C26H31F3N6OS. The molecule has 0 aliphatic carbocycles. The van der Waals surface area contributed by atoms with Crippen molar-refractivity contribution in [1.82, 2.24) is 19.8 Å². The van der Waals surface area contributed by atoms with E-state index in [4.69, 9.17) is 9.97 Å². The van der Waals surface area contributed by atoms with Crippen molar-refractivity contribution in [2.24, 2.45) is 0 Å². The summed E-state index contributed by atoms with van der Waals surface area (Å²) < 4.78 is 39.1. The molecule has 0 spiro atoms. The van der Waals surface area contributed by atoms with Crippen LogP contribution in [0.5, 0.6) is 0 Å². The Labute approximate surface area is 218 Å². The molecule has 0 saturated carbocycles. The first-order valence-corrected chi connectivity index (χ1v) is 13.5. The summed E-state index contributed by atoms with van der Waals surface area (Å²) in [5.74, 6) is 1.95. The molecule has 7 nitrogen and oxygen atoms in total. The molecule has 4 heterocycles. The molecule has 0 bridgehead atoms. The zero-order chi connectivity index (χ0) is 26.3. The van der Waals surface area contributed by atoms with Crippen molar-refractivity contribution < 1.29 is 18.0 Å². The highest BCUT2D eigenvalue weighted by atomic mass is 32.1. The van der Waals surface area contributed by atoms with E-state index < -0.39 is 17.8 Å². The first kappa shape index (κ1) is 25.7. The number of rotatable bonds is 4. The lowest BCUT2D eigenvalue weighted by Crippen LogP contribution is -2.50. The Morgan fingerprint density at radius 1 is 1.14 bits per heavy atom. The van der Waals surface area contributed by atoms with Crippen LogP contribution in [0, 0.1) is 0 Å². The monoisotopic (exact) mass is 532 g/mol. The zero-order valence-corrected chi connectivity index (χ0v) is 22.0. The summed E-state index contributed by atoms with van der Waals surface area (Å²) in [4.78, 5) is 31.4. The molecule has 0 radical (unpaired) electrons. The number of aromatic nitrogens is 2. The number of amides is 2. The third-order valence-corrected chi connectivity index (χ3v) is 8.16. The number of alkyl halides is 3. The van der Waals surface area contributed by atoms with Gasteiger partial charge in [0.05, 0.1) is 10.9 Å². The fraction of sp³-hybridized carbons (Fsp3) is 0.500. The van der Waals surface area contributed by atoms with E-state index in [1.54, 1.807) is 16.2 Å². The molecule has 2 aromatic heterocycles. The van der Waals surface area contributed by atoms with Crippen molar-refractivity contribution in [3.05, 3.63) is 46.1 Å². The van der Waals surface area contributed by atoms with Crippen LogP contribution < -0.4 is 10.2 Å². The maximum absolute atomic E-state index is 13.0. The summed E-state index contributed by atoms with van der Waals surface area (Å²) in [6, 6.07) is 4.31. The lowest BCUT2D eigenvalue weighted by molar-refractivity contribution is -0.137. The molecule has 11 heteroatoms. The summed E-state index contributed by atoms with van der Waals surface area (Å²) in [5.41, 5.74) is 0.692. The predicted molar refractivity (Wildman–Crippen MR) is 140 cm³/mol. The van der Waals surface area contributed by atoms with Gasteiger partial charge in [-0.1, -0.05) is 26.8 Å². The summed E-state index contributed by atoms with van der Waals surface area (Å²) in [5, 5.41) is 3.76. The topological polar surface area (TPSA) is 64.6 Å². The van der Waals surface area contributed by atoms with E-state index in [2.05, 4.69) is 35.9 Å². The molecule has 1 aromatic carbocycles. The fourth-order valence-corrected chi connectivity index (χ4v) is 6.16. The van der Waals surface area contributed by atoms with Crippen LogP contribution in [0.25, 0.3) is 10.2 Å². The van der Waals surface area contributed by atoms with E-state index in [0.717, 1.165) is 60.0 Å². The van der Waals surface area contributed by atoms with Crippen molar-refractivity contribution in [2.45, 2.75) is 45.8 Å². The van der Waals surface area contributed by atoms with Gasteiger partial charge in [-0.2, -0.15) is 13.2 Å². The lowest BCUT2D eigenvalue weighted by Gasteiger charge is -2.36. The molecule has 1 N–H and O–H groups in total. The number of hydrogen-bond acceptors (Lipinski definition) is 6. The van der Waals surface area contributed by atoms with Crippen molar-refractivity contribution in [3.8, 4) is 0 Å². The van der Waals surface area contributed by atoms with Crippen LogP contribution in [-0.4, -0.2) is 65.1 Å². The van der Waals surface area contributed by atoms with E-state index in [0.29, 0.717) is 26.2 Å². The molecule has 2 amide bonds. The molecular weight excluding hydrogens is 501 g/mol. The second kappa shape index (κ2) is 10.1. The number of urea groups is 1. The summed E-state index contributed by atoms with van der Waals surface area (Å²) in [6.07, 6.45) is -3.49. The van der Waals surface area contributed by atoms with Gasteiger partial charge in [-0.15, -0.1) is 11.3 Å². The molecule has 0 unspecified atom stereocenters. The number of fused-ring (bicyclic) bond motifs is 3. The SMILES string of the molecule is CCN1CCc2c(sc3nc(C(C)C)nc(N4CCN(C(=O)Nc5cccc(C(F)(F)F)c5)CC4)c23)C1. The minimum absolute atomic E-state index is 0.132. The van der Waals surface area contributed by atoms with Gasteiger partial charge in [0.2, 0.25) is 0 Å². The number of nitrogens with one attached hydrogen (secondary N) is 1. The minimum atomic E-state index is -4.46. The van der Waals surface area contributed by atoms with Gasteiger partial charge in [0, 0.05) is 55.8 Å². The number of halogens is 3. The summed E-state index contributed by atoms with van der Waals surface area (Å²) >= 11 is 1.76. The number of piperazine rings is 1. The zero-order valence-electron chi connectivity index (χ0n) is 21.2. The van der Waals surface area contributed by atoms with E-state index in [1.165, 1.54) is 22.6 Å². The molecule has 0 atom stereocenters. The molecule has 1 saturated heterocycles. The molecule has 1 fully saturated rings. The third-order valence-electron chi connectivity index (χ3n) is 7.05. The van der Waals surface area contributed by atoms with Gasteiger partial charge in [-0.3, -0.25) is 4.90 Å². The van der Waals surface area contributed by atoms with Crippen LogP contribution in [0.4, 0.5) is 29.5 Å². The molecule has 3 aromatic rings. The Morgan fingerprint density at radius 3 is 2.57 bits per heavy atom. The standard InChI is InChI=1S/C26H31F3N6OS/c1-4-33-9-8-19-20(15-33)37-24-21(19)23(31-22(32-24)16(2)3)34-10-12-35(13-11-34)25(36)30-18-7-5-6-17(14-18)26(27,28)29/h5-7,14,16H,4,8-13,15H2,1-3H3,(H,30,36). The Kier molecular flexibility index (Phi) is 7.01. The van der Waals surface area contributed by atoms with Crippen LogP contribution in [0.3, 0.4) is 0 Å². The number of carbonyl (C=O) groups is 1. The highest BCUT2D eigenvalue weighted by Crippen LogP contribution is 2.40. The highest BCUT2D eigenvalue weighted by Gasteiger charge is 2.31. The number of hydrogen-bond donors (Lipinski definition) is 1. The minimum Gasteiger partial charge on any atom is -0.352 e. The van der Waals surface area contributed by atoms with Crippen LogP contribution in [0.15, 0.2) is 24.3 Å². The second-order valence-electron chi connectivity index (χ2n) is 9.85. The molecule has 2 aliphatic heterocycles. The lowest BCUT2D eigenvalue weighted by atomic mass is 10.0. The van der Waals surface area contributed by atoms with Crippen LogP contribution in [-0.2, 0) is 19.1 Å². The predicted octanol–water partition coefficient (Wildman–Crippen LogP) is 5.57. The van der Waals surface area contributed by atoms with Crippen LogP contribution in [0.2, 0.25) is 0 Å². The van der Waals surface area contributed by atoms with Crippen molar-refractivity contribution in [1.29, 1.82) is 0 Å². The fourth-order valence-electron chi connectivity index (χ4n) is 4.90. The average molecular weight is 533 g/mol. The van der Waals surface area contributed by atoms with Gasteiger partial charge in [0.1, 0.15) is 16.5 Å². The van der Waals surface area contributed by atoms with E-state index in [9.17, 15) is 18.0 Å². The van der Waals surface area contributed by atoms with Gasteiger partial charge in [-0.05, 0) is 36.7 Å². The summed E-state index contributed by atoms with van der Waals surface area (Å²) in [6.45, 7) is 11.4. The van der Waals surface area contributed by atoms with Crippen molar-refractivity contribution in [2.75, 3.05) is 49.5 Å². The number of likely N-dealkylation sites (N-methyl/N-ethyl adjacent to an activating group) is 1. The van der Waals surface area contributed by atoms with Crippen LogP contribution >= 0.6 is 11.3 Å². The Morgan fingerprint density at radius 2 is 1.89 bits per heavy atom. The van der Waals surface area contributed by atoms with Gasteiger partial charge < -0.3 is 15.1 Å². The quantitative estimate of drug-likeness (QED) is 0.476. The number of anilines is 2. The number of carbonyl (C=O) groups excluding carboxylic acids is 1. The van der Waals surface area contributed by atoms with Crippen molar-refractivity contribution >= 4 is 39.1 Å². The maximum atomic E-state index is 13.0. The van der Waals surface area contributed by atoms with E-state index in [1.807, 2.05) is 0 Å². The van der Waals surface area contributed by atoms with Crippen LogP contribution in [0.1, 0.15) is 48.5 Å². The summed E-state index contributed by atoms with van der Waals surface area (Å²) in [7, 11) is 0. The van der Waals surface area contributed by atoms with Crippen molar-refractivity contribution in [3.63, 3.8) is 0 Å². The molecule has 2 aliphatic rings. The first-order valence-electron chi connectivity index (χ1n) is 12.7. The van der Waals surface area contributed by atoms with E-state index >= 15 is 0 Å². The van der Waals surface area contributed by atoms with Gasteiger partial charge in [-0.25, -0.2) is 14.8 Å². The molecule has 198 valence electrons. The molecule has 37 heavy (non-hydrogen) atoms. The Bertz CT molecular complexity index is 1300. The number of thiophene rings is 1. The maximum Gasteiger partial charge on any atom is 0.416 e. The Hall–Kier alpha value is -2.92. The first-order chi connectivity index (χ1) is 17.6. The number of benzene rings is 1. The second-order valence-corrected chi connectivity index (χ2v) is 10.9. The number of nitrogens with zero attached hydrogens (tertiary/aromatic N) is 5. The van der Waals surface area contributed by atoms with Gasteiger partial charge in [0.15, 0.2) is 0 Å². The largest absolute Gasteiger partial charge is 0.416 e. The third kappa shape index (κ3) is 5.24. The van der Waals surface area contributed by atoms with Gasteiger partial charge >= 0.3 is 12.2 Å². The molecule has 5 rings (SSSR count). The van der Waals surface area contributed by atoms with Gasteiger partial charge in [0.25, 0.3) is 0 Å². The Balaban J connectivity index is 1.34. The highest BCUT2D eigenvalue weighted by molar-refractivity contribution is 7.19. The smallest absolute Gasteiger partial charge is 0.352 e. The average Bonchev–Trinajstić information content (AvgIpc) is 3.25. The van der Waals surface area contributed by atoms with E-state index in [-0.39, 0.29) is 11.6 Å². The normalized spacial score (nSPS) is 16.9.